The van der Waals surface area contributed by atoms with Gasteiger partial charge in [0.05, 0.1) is 18.1 Å². The van der Waals surface area contributed by atoms with Gasteiger partial charge >= 0.3 is 0 Å². The van der Waals surface area contributed by atoms with Crippen molar-refractivity contribution in [2.45, 2.75) is 0 Å². The van der Waals surface area contributed by atoms with E-state index in [0.717, 1.165) is 12.1 Å². The van der Waals surface area contributed by atoms with E-state index in [1.54, 1.807) is 19.0 Å². The molecule has 7 heteroatoms. The summed E-state index contributed by atoms with van der Waals surface area (Å²) in [4.78, 5) is 21.5. The minimum absolute atomic E-state index is 0.253. The Kier molecular flexibility index (Phi) is 3.88. The first-order valence-corrected chi connectivity index (χ1v) is 5.74. The van der Waals surface area contributed by atoms with Crippen LogP contribution in [0.5, 0.6) is 0 Å². The van der Waals surface area contributed by atoms with Crippen LogP contribution in [0.15, 0.2) is 30.6 Å². The van der Waals surface area contributed by atoms with E-state index in [1.807, 2.05) is 0 Å². The normalized spacial score (nSPS) is 10.2. The molecule has 0 radical (unpaired) electrons. The van der Waals surface area contributed by atoms with Crippen LogP contribution < -0.4 is 10.2 Å². The molecule has 1 aromatic carbocycles. The molecule has 1 N–H and O–H groups in total. The minimum atomic E-state index is -0.923. The molecule has 5 nitrogen and oxygen atoms in total. The predicted molar refractivity (Wildman–Crippen MR) is 70.7 cm³/mol. The van der Waals surface area contributed by atoms with Crippen molar-refractivity contribution in [3.05, 3.63) is 47.8 Å². The molecule has 1 heterocycles. The molecule has 0 aliphatic carbocycles. The average Bonchev–Trinajstić information content (AvgIpc) is 2.39. The van der Waals surface area contributed by atoms with E-state index in [4.69, 9.17) is 0 Å². The minimum Gasteiger partial charge on any atom is -0.347 e. The van der Waals surface area contributed by atoms with Crippen molar-refractivity contribution >= 4 is 17.5 Å². The Balaban J connectivity index is 2.19. The smallest absolute Gasteiger partial charge is 0.261 e. The lowest BCUT2D eigenvalue weighted by molar-refractivity contribution is 0.101. The molecular weight excluding hydrogens is 266 g/mol. The zero-order valence-corrected chi connectivity index (χ0v) is 10.9. The molecule has 0 saturated carbocycles. The number of benzene rings is 1. The van der Waals surface area contributed by atoms with E-state index in [9.17, 15) is 13.6 Å². The fourth-order valence-electron chi connectivity index (χ4n) is 1.53. The van der Waals surface area contributed by atoms with Gasteiger partial charge in [-0.1, -0.05) is 6.07 Å². The van der Waals surface area contributed by atoms with Crippen LogP contribution in [0.2, 0.25) is 0 Å². The second-order valence-corrected chi connectivity index (χ2v) is 4.22. The molecule has 0 fully saturated rings. The van der Waals surface area contributed by atoms with Crippen LogP contribution in [0, 0.1) is 11.6 Å². The number of aromatic nitrogens is 2. The Hall–Kier alpha value is -2.57. The van der Waals surface area contributed by atoms with E-state index < -0.39 is 23.1 Å². The number of carbonyl (C=O) groups is 1. The molecular formula is C13H12F2N4O. The summed E-state index contributed by atoms with van der Waals surface area (Å²) in [5.74, 6) is -2.27. The Morgan fingerprint density at radius 2 is 1.70 bits per heavy atom. The lowest BCUT2D eigenvalue weighted by atomic mass is 10.2. The summed E-state index contributed by atoms with van der Waals surface area (Å²) in [6.45, 7) is 0. The van der Waals surface area contributed by atoms with Gasteiger partial charge in [-0.05, 0) is 12.1 Å². The van der Waals surface area contributed by atoms with E-state index in [2.05, 4.69) is 15.3 Å². The van der Waals surface area contributed by atoms with Gasteiger partial charge in [-0.2, -0.15) is 0 Å². The van der Waals surface area contributed by atoms with Gasteiger partial charge < -0.3 is 10.2 Å². The summed E-state index contributed by atoms with van der Waals surface area (Å²) in [7, 11) is 3.53. The highest BCUT2D eigenvalue weighted by atomic mass is 19.1. The summed E-state index contributed by atoms with van der Waals surface area (Å²) in [6.07, 6.45) is 2.72. The Morgan fingerprint density at radius 1 is 1.15 bits per heavy atom. The molecule has 0 unspecified atom stereocenters. The predicted octanol–water partition coefficient (Wildman–Crippen LogP) is 2.07. The third-order valence-corrected chi connectivity index (χ3v) is 2.49. The van der Waals surface area contributed by atoms with Gasteiger partial charge in [0.2, 0.25) is 5.95 Å². The molecule has 20 heavy (non-hydrogen) atoms. The van der Waals surface area contributed by atoms with Gasteiger partial charge in [0, 0.05) is 14.1 Å². The van der Waals surface area contributed by atoms with E-state index in [0.29, 0.717) is 5.95 Å². The van der Waals surface area contributed by atoms with Crippen molar-refractivity contribution in [2.24, 2.45) is 0 Å². The Morgan fingerprint density at radius 3 is 2.20 bits per heavy atom. The summed E-state index contributed by atoms with van der Waals surface area (Å²) >= 11 is 0. The van der Waals surface area contributed by atoms with Gasteiger partial charge in [-0.3, -0.25) is 4.79 Å². The van der Waals surface area contributed by atoms with Crippen LogP contribution >= 0.6 is 0 Å². The molecule has 0 bridgehead atoms. The summed E-state index contributed by atoms with van der Waals surface area (Å²) in [6, 6.07) is 3.23. The molecule has 1 aromatic heterocycles. The quantitative estimate of drug-likeness (QED) is 0.933. The van der Waals surface area contributed by atoms with Crippen molar-refractivity contribution < 1.29 is 13.6 Å². The van der Waals surface area contributed by atoms with Gasteiger partial charge in [-0.25, -0.2) is 18.7 Å². The van der Waals surface area contributed by atoms with Crippen LogP contribution in [-0.4, -0.2) is 30.0 Å². The van der Waals surface area contributed by atoms with E-state index in [-0.39, 0.29) is 5.69 Å². The maximum atomic E-state index is 13.4. The van der Waals surface area contributed by atoms with Crippen LogP contribution in [0.4, 0.5) is 20.4 Å². The molecule has 0 atom stereocenters. The number of nitrogens with zero attached hydrogens (tertiary/aromatic N) is 3. The third kappa shape index (κ3) is 2.87. The lowest BCUT2D eigenvalue weighted by Crippen LogP contribution is -2.17. The largest absolute Gasteiger partial charge is 0.347 e. The maximum absolute atomic E-state index is 13.4. The first-order valence-electron chi connectivity index (χ1n) is 5.74. The van der Waals surface area contributed by atoms with Crippen LogP contribution in [0.1, 0.15) is 10.4 Å². The summed E-state index contributed by atoms with van der Waals surface area (Å²) < 4.78 is 26.9. The van der Waals surface area contributed by atoms with Gasteiger partial charge in [0.25, 0.3) is 5.91 Å². The zero-order chi connectivity index (χ0) is 14.7. The van der Waals surface area contributed by atoms with Crippen LogP contribution in [0.3, 0.4) is 0 Å². The summed E-state index contributed by atoms with van der Waals surface area (Å²) in [5, 5.41) is 2.34. The average molecular weight is 278 g/mol. The fourth-order valence-corrected chi connectivity index (χ4v) is 1.53. The van der Waals surface area contributed by atoms with Crippen molar-refractivity contribution in [3.8, 4) is 0 Å². The summed E-state index contributed by atoms with van der Waals surface area (Å²) in [5.41, 5.74) is -0.382. The number of hydrogen-bond donors (Lipinski definition) is 1. The molecule has 2 aromatic rings. The number of rotatable bonds is 3. The number of hydrogen-bond acceptors (Lipinski definition) is 4. The zero-order valence-electron chi connectivity index (χ0n) is 10.9. The Labute approximate surface area is 114 Å². The highest BCUT2D eigenvalue weighted by Crippen LogP contribution is 2.15. The lowest BCUT2D eigenvalue weighted by Gasteiger charge is -2.10. The number of amides is 1. The first kappa shape index (κ1) is 13.9. The molecule has 0 spiro atoms. The number of carbonyl (C=O) groups excluding carboxylic acids is 1. The van der Waals surface area contributed by atoms with Crippen LogP contribution in [-0.2, 0) is 0 Å². The van der Waals surface area contributed by atoms with Crippen molar-refractivity contribution in [2.75, 3.05) is 24.3 Å². The SMILES string of the molecule is CN(C)c1ncc(NC(=O)c2c(F)cccc2F)cn1. The van der Waals surface area contributed by atoms with Crippen molar-refractivity contribution in [1.29, 1.82) is 0 Å². The monoisotopic (exact) mass is 278 g/mol. The number of anilines is 2. The standard InChI is InChI=1S/C13H12F2N4O/c1-19(2)13-16-6-8(7-17-13)18-12(20)11-9(14)4-3-5-10(11)15/h3-7H,1-2H3,(H,18,20). The van der Waals surface area contributed by atoms with Crippen molar-refractivity contribution in [1.82, 2.24) is 9.97 Å². The van der Waals surface area contributed by atoms with Gasteiger partial charge in [-0.15, -0.1) is 0 Å². The van der Waals surface area contributed by atoms with Crippen LogP contribution in [0.25, 0.3) is 0 Å². The molecule has 0 aliphatic rings. The third-order valence-electron chi connectivity index (χ3n) is 2.49. The molecule has 2 rings (SSSR count). The first-order chi connectivity index (χ1) is 9.49. The molecule has 1 amide bonds. The number of nitrogens with one attached hydrogen (secondary N) is 1. The highest BCUT2D eigenvalue weighted by Gasteiger charge is 2.17. The second kappa shape index (κ2) is 5.60. The molecule has 0 saturated heterocycles. The Bertz CT molecular complexity index is 609. The van der Waals surface area contributed by atoms with E-state index >= 15 is 0 Å². The molecule has 104 valence electrons. The highest BCUT2D eigenvalue weighted by molar-refractivity contribution is 6.04. The van der Waals surface area contributed by atoms with Gasteiger partial charge in [0.1, 0.15) is 17.2 Å². The number of halogens is 2. The fraction of sp³-hybridized carbons (Fsp3) is 0.154. The van der Waals surface area contributed by atoms with Crippen molar-refractivity contribution in [3.63, 3.8) is 0 Å². The second-order valence-electron chi connectivity index (χ2n) is 4.22. The van der Waals surface area contributed by atoms with E-state index in [1.165, 1.54) is 18.5 Å². The molecule has 0 aliphatic heterocycles. The maximum Gasteiger partial charge on any atom is 0.261 e. The topological polar surface area (TPSA) is 58.1 Å². The van der Waals surface area contributed by atoms with Gasteiger partial charge in [0.15, 0.2) is 0 Å².